The second-order valence-electron chi connectivity index (χ2n) is 8.56. The number of rotatable bonds is 6. The molecular formula is C21H36O8. The van der Waals surface area contributed by atoms with Gasteiger partial charge in [-0.15, -0.1) is 0 Å². The van der Waals surface area contributed by atoms with E-state index in [4.69, 9.17) is 23.7 Å². The second kappa shape index (κ2) is 10.2. The quantitative estimate of drug-likeness (QED) is 0.656. The average molecular weight is 417 g/mol. The van der Waals surface area contributed by atoms with E-state index in [0.717, 1.165) is 0 Å². The highest BCUT2D eigenvalue weighted by Gasteiger charge is 2.44. The van der Waals surface area contributed by atoms with E-state index in [2.05, 4.69) is 13.8 Å². The van der Waals surface area contributed by atoms with Crippen molar-refractivity contribution in [2.24, 2.45) is 23.7 Å². The van der Waals surface area contributed by atoms with Crippen LogP contribution < -0.4 is 0 Å². The summed E-state index contributed by atoms with van der Waals surface area (Å²) in [7, 11) is 0. The van der Waals surface area contributed by atoms with Crippen molar-refractivity contribution < 1.29 is 38.4 Å². The third-order valence-electron chi connectivity index (χ3n) is 6.45. The highest BCUT2D eigenvalue weighted by atomic mass is 16.7. The van der Waals surface area contributed by atoms with Gasteiger partial charge < -0.3 is 28.8 Å². The van der Waals surface area contributed by atoms with E-state index in [1.54, 1.807) is 0 Å². The summed E-state index contributed by atoms with van der Waals surface area (Å²) < 4.78 is 28.5. The molecule has 0 aliphatic carbocycles. The number of aliphatic hydroxyl groups is 1. The monoisotopic (exact) mass is 416 g/mol. The van der Waals surface area contributed by atoms with Crippen LogP contribution in [0.15, 0.2) is 0 Å². The van der Waals surface area contributed by atoms with Crippen molar-refractivity contribution in [1.82, 2.24) is 0 Å². The van der Waals surface area contributed by atoms with Crippen LogP contribution in [0.2, 0.25) is 0 Å². The fourth-order valence-corrected chi connectivity index (χ4v) is 4.12. The lowest BCUT2D eigenvalue weighted by Gasteiger charge is -2.45. The lowest BCUT2D eigenvalue weighted by molar-refractivity contribution is -0.284. The zero-order chi connectivity index (χ0) is 21.9. The molecule has 0 aromatic carbocycles. The lowest BCUT2D eigenvalue weighted by atomic mass is 9.81. The van der Waals surface area contributed by atoms with Crippen molar-refractivity contribution in [3.63, 3.8) is 0 Å². The SMILES string of the molecule is CC(=O)OCC1O[C@H](OCC2OC(C)[C@@H](OC(C)=O)C(C)[C@@H]2C)[C@@H](C)C(C)[C@H]1O. The van der Waals surface area contributed by atoms with Gasteiger partial charge in [-0.3, -0.25) is 9.59 Å². The molecule has 0 spiro atoms. The minimum atomic E-state index is -0.737. The zero-order valence-corrected chi connectivity index (χ0v) is 18.5. The van der Waals surface area contributed by atoms with Crippen molar-refractivity contribution in [1.29, 1.82) is 0 Å². The summed E-state index contributed by atoms with van der Waals surface area (Å²) in [6.07, 6.45) is -2.60. The molecule has 0 bridgehead atoms. The summed E-state index contributed by atoms with van der Waals surface area (Å²) in [5.74, 6) is -0.603. The molecule has 2 saturated heterocycles. The molecule has 10 atom stereocenters. The summed E-state index contributed by atoms with van der Waals surface area (Å²) in [6, 6.07) is 0. The van der Waals surface area contributed by atoms with Gasteiger partial charge in [0.15, 0.2) is 6.29 Å². The Morgan fingerprint density at radius 1 is 0.828 bits per heavy atom. The summed E-state index contributed by atoms with van der Waals surface area (Å²) >= 11 is 0. The predicted molar refractivity (Wildman–Crippen MR) is 104 cm³/mol. The highest BCUT2D eigenvalue weighted by Crippen LogP contribution is 2.35. The van der Waals surface area contributed by atoms with E-state index in [1.165, 1.54) is 13.8 Å². The van der Waals surface area contributed by atoms with Gasteiger partial charge >= 0.3 is 11.9 Å². The maximum absolute atomic E-state index is 11.4. The maximum atomic E-state index is 11.4. The fraction of sp³-hybridized carbons (Fsp3) is 0.905. The molecular weight excluding hydrogens is 380 g/mol. The van der Waals surface area contributed by atoms with Crippen LogP contribution in [0.4, 0.5) is 0 Å². The number of ether oxygens (including phenoxy) is 5. The first-order valence-electron chi connectivity index (χ1n) is 10.4. The van der Waals surface area contributed by atoms with E-state index >= 15 is 0 Å². The van der Waals surface area contributed by atoms with Crippen LogP contribution in [-0.2, 0) is 33.3 Å². The number of aliphatic hydroxyl groups excluding tert-OH is 1. The molecule has 2 aliphatic rings. The smallest absolute Gasteiger partial charge is 0.303 e. The van der Waals surface area contributed by atoms with Crippen LogP contribution in [0, 0.1) is 23.7 Å². The third kappa shape index (κ3) is 5.90. The van der Waals surface area contributed by atoms with Gasteiger partial charge in [-0.1, -0.05) is 27.7 Å². The molecule has 0 amide bonds. The van der Waals surface area contributed by atoms with E-state index in [9.17, 15) is 14.7 Å². The number of carbonyl (C=O) groups is 2. The van der Waals surface area contributed by atoms with Gasteiger partial charge in [0.05, 0.1) is 24.9 Å². The number of carbonyl (C=O) groups excluding carboxylic acids is 2. The zero-order valence-electron chi connectivity index (χ0n) is 18.5. The molecule has 8 nitrogen and oxygen atoms in total. The molecule has 29 heavy (non-hydrogen) atoms. The first kappa shape index (κ1) is 24.1. The Balaban J connectivity index is 1.96. The molecule has 2 rings (SSSR count). The Labute approximate surface area is 173 Å². The van der Waals surface area contributed by atoms with Gasteiger partial charge in [0.25, 0.3) is 0 Å². The Bertz CT molecular complexity index is 567. The van der Waals surface area contributed by atoms with Gasteiger partial charge in [-0.05, 0) is 18.8 Å². The number of esters is 2. The van der Waals surface area contributed by atoms with Gasteiger partial charge in [-0.25, -0.2) is 0 Å². The Hall–Kier alpha value is -1.22. The Kier molecular flexibility index (Phi) is 8.46. The van der Waals surface area contributed by atoms with E-state index < -0.39 is 24.5 Å². The number of hydrogen-bond acceptors (Lipinski definition) is 8. The van der Waals surface area contributed by atoms with Gasteiger partial charge in [0.1, 0.15) is 18.8 Å². The van der Waals surface area contributed by atoms with Gasteiger partial charge in [0.2, 0.25) is 0 Å². The van der Waals surface area contributed by atoms with Crippen LogP contribution in [-0.4, -0.2) is 67.1 Å². The molecule has 168 valence electrons. The normalized spacial score (nSPS) is 42.9. The van der Waals surface area contributed by atoms with Crippen LogP contribution >= 0.6 is 0 Å². The Morgan fingerprint density at radius 3 is 2.07 bits per heavy atom. The lowest BCUT2D eigenvalue weighted by Crippen LogP contribution is -2.54. The first-order chi connectivity index (χ1) is 13.5. The van der Waals surface area contributed by atoms with Crippen molar-refractivity contribution >= 4 is 11.9 Å². The van der Waals surface area contributed by atoms with Crippen molar-refractivity contribution in [2.75, 3.05) is 13.2 Å². The molecule has 0 aromatic heterocycles. The summed E-state index contributed by atoms with van der Waals surface area (Å²) in [6.45, 7) is 12.9. The highest BCUT2D eigenvalue weighted by molar-refractivity contribution is 5.66. The van der Waals surface area contributed by atoms with E-state index in [1.807, 2.05) is 20.8 Å². The van der Waals surface area contributed by atoms with Crippen LogP contribution in [0.5, 0.6) is 0 Å². The van der Waals surface area contributed by atoms with Crippen molar-refractivity contribution in [2.45, 2.75) is 85.3 Å². The molecule has 0 aromatic rings. The molecule has 2 heterocycles. The van der Waals surface area contributed by atoms with Crippen molar-refractivity contribution in [3.8, 4) is 0 Å². The van der Waals surface area contributed by atoms with Gasteiger partial charge in [0, 0.05) is 25.7 Å². The standard InChI is InChI=1S/C21H36O8/c1-10-12(3)20(28-16(7)23)14(5)27-17(10)8-26-21-13(4)11(2)19(24)18(29-21)9-25-15(6)22/h10-14,17-21,24H,8-9H2,1-7H3/t10-,11?,12?,13-,14?,17?,18?,19+,20-,21-/m0/s1. The molecule has 8 heteroatoms. The van der Waals surface area contributed by atoms with E-state index in [0.29, 0.717) is 6.61 Å². The topological polar surface area (TPSA) is 101 Å². The maximum Gasteiger partial charge on any atom is 0.303 e. The molecule has 2 fully saturated rings. The largest absolute Gasteiger partial charge is 0.463 e. The Morgan fingerprint density at radius 2 is 1.48 bits per heavy atom. The van der Waals surface area contributed by atoms with E-state index in [-0.39, 0.29) is 54.6 Å². The summed E-state index contributed by atoms with van der Waals surface area (Å²) in [4.78, 5) is 22.5. The van der Waals surface area contributed by atoms with Crippen LogP contribution in [0.25, 0.3) is 0 Å². The third-order valence-corrected chi connectivity index (χ3v) is 6.45. The molecule has 1 N–H and O–H groups in total. The molecule has 0 radical (unpaired) electrons. The first-order valence-corrected chi connectivity index (χ1v) is 10.4. The van der Waals surface area contributed by atoms with Crippen molar-refractivity contribution in [3.05, 3.63) is 0 Å². The van der Waals surface area contributed by atoms with Crippen LogP contribution in [0.1, 0.15) is 48.5 Å². The molecule has 5 unspecified atom stereocenters. The van der Waals surface area contributed by atoms with Gasteiger partial charge in [-0.2, -0.15) is 0 Å². The predicted octanol–water partition coefficient (Wildman–Crippen LogP) is 1.92. The van der Waals surface area contributed by atoms with Crippen LogP contribution in [0.3, 0.4) is 0 Å². The minimum Gasteiger partial charge on any atom is -0.463 e. The summed E-state index contributed by atoms with van der Waals surface area (Å²) in [5.41, 5.74) is 0. The summed E-state index contributed by atoms with van der Waals surface area (Å²) in [5, 5.41) is 10.4. The molecule has 0 saturated carbocycles. The second-order valence-corrected chi connectivity index (χ2v) is 8.56. The molecule has 2 aliphatic heterocycles. The number of hydrogen-bond donors (Lipinski definition) is 1. The fourth-order valence-electron chi connectivity index (χ4n) is 4.12. The average Bonchev–Trinajstić information content (AvgIpc) is 2.65. The minimum absolute atomic E-state index is 0.0120.